The zero-order valence-corrected chi connectivity index (χ0v) is 22.4. The molecule has 1 aliphatic heterocycles. The van der Waals surface area contributed by atoms with Crippen molar-refractivity contribution in [1.82, 2.24) is 16.0 Å². The summed E-state index contributed by atoms with van der Waals surface area (Å²) in [6, 6.07) is 14.7. The summed E-state index contributed by atoms with van der Waals surface area (Å²) in [6.45, 7) is -0.255. The number of carboxylic acids is 1. The zero-order valence-electron chi connectivity index (χ0n) is 20.9. The van der Waals surface area contributed by atoms with Crippen molar-refractivity contribution in [3.05, 3.63) is 92.0 Å². The number of fused-ring (bicyclic) bond motifs is 1. The number of halogens is 2. The standard InChI is InChI=1S/C27H24Cl2N4O7/c28-19-10-16(15-4-2-1-3-5-15)11-20(29)25(19)26(35)32-22(27(36)37)13-31-24(34)14-30-21-8-9-40-23-7-6-17(33(38)39)12-18(21)23/h1-7,10-12,21-22,30H,8-9,13-14H2,(H,31,34)(H,32,35)(H,36,37)/t21-,22?/m1/s1. The molecule has 11 nitrogen and oxygen atoms in total. The predicted molar refractivity (Wildman–Crippen MR) is 148 cm³/mol. The summed E-state index contributed by atoms with van der Waals surface area (Å²) in [5.74, 6) is -2.24. The highest BCUT2D eigenvalue weighted by Crippen LogP contribution is 2.35. The molecule has 208 valence electrons. The fourth-order valence-corrected chi connectivity index (χ4v) is 4.88. The van der Waals surface area contributed by atoms with Crippen molar-refractivity contribution in [3.8, 4) is 16.9 Å². The number of amides is 2. The van der Waals surface area contributed by atoms with E-state index in [0.717, 1.165) is 5.56 Å². The van der Waals surface area contributed by atoms with Crippen LogP contribution in [0.3, 0.4) is 0 Å². The minimum atomic E-state index is -1.47. The molecule has 0 fully saturated rings. The van der Waals surface area contributed by atoms with Gasteiger partial charge in [-0.3, -0.25) is 19.7 Å². The van der Waals surface area contributed by atoms with E-state index in [0.29, 0.717) is 29.9 Å². The van der Waals surface area contributed by atoms with Gasteiger partial charge in [-0.25, -0.2) is 4.79 Å². The van der Waals surface area contributed by atoms with Gasteiger partial charge in [0, 0.05) is 36.7 Å². The van der Waals surface area contributed by atoms with Gasteiger partial charge in [0.1, 0.15) is 11.8 Å². The monoisotopic (exact) mass is 586 g/mol. The van der Waals surface area contributed by atoms with Crippen LogP contribution in [0.15, 0.2) is 60.7 Å². The number of carbonyl (C=O) groups is 3. The van der Waals surface area contributed by atoms with E-state index in [2.05, 4.69) is 16.0 Å². The number of carboxylic acid groups (broad SMARTS) is 1. The minimum absolute atomic E-state index is 0.0400. The predicted octanol–water partition coefficient (Wildman–Crippen LogP) is 3.98. The smallest absolute Gasteiger partial charge is 0.328 e. The van der Waals surface area contributed by atoms with Crippen LogP contribution in [0, 0.1) is 10.1 Å². The van der Waals surface area contributed by atoms with Crippen molar-refractivity contribution in [2.45, 2.75) is 18.5 Å². The summed E-state index contributed by atoms with van der Waals surface area (Å²) in [5.41, 5.74) is 1.88. The van der Waals surface area contributed by atoms with Crippen LogP contribution in [0.4, 0.5) is 5.69 Å². The molecule has 0 bridgehead atoms. The van der Waals surface area contributed by atoms with Crippen LogP contribution in [0.5, 0.6) is 5.75 Å². The van der Waals surface area contributed by atoms with E-state index in [9.17, 15) is 29.6 Å². The molecule has 0 saturated carbocycles. The number of nitro benzene ring substituents is 1. The van der Waals surface area contributed by atoms with Gasteiger partial charge in [0.05, 0.1) is 33.7 Å². The van der Waals surface area contributed by atoms with E-state index in [4.69, 9.17) is 27.9 Å². The zero-order chi connectivity index (χ0) is 28.8. The third kappa shape index (κ3) is 6.87. The highest BCUT2D eigenvalue weighted by Gasteiger charge is 2.26. The average molecular weight is 587 g/mol. The maximum atomic E-state index is 12.9. The Morgan fingerprint density at radius 1 is 1.05 bits per heavy atom. The molecule has 1 heterocycles. The number of benzene rings is 3. The average Bonchev–Trinajstić information content (AvgIpc) is 2.93. The van der Waals surface area contributed by atoms with Crippen LogP contribution >= 0.6 is 23.2 Å². The number of ether oxygens (including phenoxy) is 1. The fraction of sp³-hybridized carbons (Fsp3) is 0.222. The summed E-state index contributed by atoms with van der Waals surface area (Å²) in [7, 11) is 0. The first-order valence-electron chi connectivity index (χ1n) is 12.1. The first-order valence-corrected chi connectivity index (χ1v) is 12.9. The number of non-ortho nitro benzene ring substituents is 1. The van der Waals surface area contributed by atoms with Gasteiger partial charge in [0.25, 0.3) is 11.6 Å². The van der Waals surface area contributed by atoms with E-state index < -0.39 is 35.3 Å². The molecule has 1 unspecified atom stereocenters. The molecule has 3 aromatic rings. The number of aliphatic carboxylic acids is 1. The van der Waals surface area contributed by atoms with Crippen LogP contribution in [-0.2, 0) is 9.59 Å². The molecule has 0 spiro atoms. The van der Waals surface area contributed by atoms with Crippen molar-refractivity contribution in [3.63, 3.8) is 0 Å². The first-order chi connectivity index (χ1) is 19.1. The van der Waals surface area contributed by atoms with Crippen molar-refractivity contribution in [1.29, 1.82) is 0 Å². The highest BCUT2D eigenvalue weighted by molar-refractivity contribution is 6.40. The lowest BCUT2D eigenvalue weighted by Crippen LogP contribution is -2.49. The molecule has 40 heavy (non-hydrogen) atoms. The Balaban J connectivity index is 1.35. The number of carbonyl (C=O) groups excluding carboxylic acids is 2. The Kier molecular flexibility index (Phi) is 9.20. The van der Waals surface area contributed by atoms with Gasteiger partial charge >= 0.3 is 5.97 Å². The summed E-state index contributed by atoms with van der Waals surface area (Å²) in [5, 5.41) is 28.6. The number of hydrogen-bond acceptors (Lipinski definition) is 7. The SMILES string of the molecule is O=C(CN[C@@H]1CCOc2ccc([N+](=O)[O-])cc21)NCC(NC(=O)c1c(Cl)cc(-c2ccccc2)cc1Cl)C(=O)O. The van der Waals surface area contributed by atoms with Crippen molar-refractivity contribution in [2.75, 3.05) is 19.7 Å². The van der Waals surface area contributed by atoms with Gasteiger partial charge in [-0.1, -0.05) is 53.5 Å². The number of nitrogens with zero attached hydrogens (tertiary/aromatic N) is 1. The molecule has 2 atom stereocenters. The van der Waals surface area contributed by atoms with E-state index in [1.54, 1.807) is 12.1 Å². The fourth-order valence-electron chi connectivity index (χ4n) is 4.22. The number of nitrogens with one attached hydrogen (secondary N) is 3. The molecule has 13 heteroatoms. The van der Waals surface area contributed by atoms with Gasteiger partial charge in [-0.15, -0.1) is 0 Å². The van der Waals surface area contributed by atoms with E-state index in [-0.39, 0.29) is 33.9 Å². The van der Waals surface area contributed by atoms with Crippen LogP contribution in [0.25, 0.3) is 11.1 Å². The van der Waals surface area contributed by atoms with E-state index in [1.165, 1.54) is 18.2 Å². The molecular formula is C27H24Cl2N4O7. The molecule has 3 aromatic carbocycles. The first kappa shape index (κ1) is 28.8. The Morgan fingerprint density at radius 2 is 1.75 bits per heavy atom. The second-order valence-electron chi connectivity index (χ2n) is 8.90. The lowest BCUT2D eigenvalue weighted by Gasteiger charge is -2.26. The van der Waals surface area contributed by atoms with Gasteiger partial charge in [-0.05, 0) is 29.3 Å². The normalized spacial score (nSPS) is 14.8. The van der Waals surface area contributed by atoms with Crippen molar-refractivity contribution in [2.24, 2.45) is 0 Å². The summed E-state index contributed by atoms with van der Waals surface area (Å²) in [6.07, 6.45) is 0.472. The van der Waals surface area contributed by atoms with Crippen LogP contribution in [0.1, 0.15) is 28.4 Å². The maximum Gasteiger partial charge on any atom is 0.328 e. The van der Waals surface area contributed by atoms with E-state index >= 15 is 0 Å². The Bertz CT molecular complexity index is 1430. The molecule has 0 aliphatic carbocycles. The van der Waals surface area contributed by atoms with E-state index in [1.807, 2.05) is 30.3 Å². The Hall–Kier alpha value is -4.19. The molecule has 4 N–H and O–H groups in total. The van der Waals surface area contributed by atoms with Crippen LogP contribution < -0.4 is 20.7 Å². The lowest BCUT2D eigenvalue weighted by atomic mass is 10.00. The topological polar surface area (TPSA) is 160 Å². The van der Waals surface area contributed by atoms with Crippen molar-refractivity contribution < 1.29 is 29.2 Å². The van der Waals surface area contributed by atoms with Gasteiger partial charge in [-0.2, -0.15) is 0 Å². The largest absolute Gasteiger partial charge is 0.493 e. The molecule has 2 amide bonds. The summed E-state index contributed by atoms with van der Waals surface area (Å²) < 4.78 is 5.53. The number of hydrogen-bond donors (Lipinski definition) is 4. The molecule has 1 aliphatic rings. The molecular weight excluding hydrogens is 563 g/mol. The quantitative estimate of drug-likeness (QED) is 0.205. The molecule has 0 saturated heterocycles. The summed E-state index contributed by atoms with van der Waals surface area (Å²) in [4.78, 5) is 47.8. The highest BCUT2D eigenvalue weighted by atomic mass is 35.5. The van der Waals surface area contributed by atoms with Gasteiger partial charge in [0.15, 0.2) is 0 Å². The molecule has 0 aromatic heterocycles. The minimum Gasteiger partial charge on any atom is -0.493 e. The number of nitro groups is 1. The third-order valence-corrected chi connectivity index (χ3v) is 6.83. The third-order valence-electron chi connectivity index (χ3n) is 6.24. The van der Waals surface area contributed by atoms with Crippen molar-refractivity contribution >= 4 is 46.7 Å². The Labute approximate surface area is 238 Å². The Morgan fingerprint density at radius 3 is 2.40 bits per heavy atom. The molecule has 4 rings (SSSR count). The van der Waals surface area contributed by atoms with Crippen LogP contribution in [-0.4, -0.2) is 53.6 Å². The second kappa shape index (κ2) is 12.8. The maximum absolute atomic E-state index is 12.9. The van der Waals surface area contributed by atoms with Crippen LogP contribution in [0.2, 0.25) is 10.0 Å². The van der Waals surface area contributed by atoms with Gasteiger partial charge < -0.3 is 25.8 Å². The lowest BCUT2D eigenvalue weighted by molar-refractivity contribution is -0.385. The molecule has 0 radical (unpaired) electrons. The summed E-state index contributed by atoms with van der Waals surface area (Å²) >= 11 is 12.7. The second-order valence-corrected chi connectivity index (χ2v) is 9.71. The number of rotatable bonds is 10. The van der Waals surface area contributed by atoms with Gasteiger partial charge in [0.2, 0.25) is 5.91 Å².